The van der Waals surface area contributed by atoms with Crippen molar-refractivity contribution in [1.82, 2.24) is 0 Å². The number of rotatable bonds is 3. The molecule has 0 aromatic rings. The Morgan fingerprint density at radius 1 is 1.60 bits per heavy atom. The van der Waals surface area contributed by atoms with Crippen molar-refractivity contribution < 1.29 is 9.47 Å². The highest BCUT2D eigenvalue weighted by molar-refractivity contribution is 4.77. The van der Waals surface area contributed by atoms with Crippen molar-refractivity contribution in [2.24, 2.45) is 5.41 Å². The van der Waals surface area contributed by atoms with Crippen LogP contribution >= 0.6 is 0 Å². The summed E-state index contributed by atoms with van der Waals surface area (Å²) in [6.07, 6.45) is 2.32. The summed E-state index contributed by atoms with van der Waals surface area (Å²) < 4.78 is 10.3. The van der Waals surface area contributed by atoms with Gasteiger partial charge in [0.25, 0.3) is 0 Å². The van der Waals surface area contributed by atoms with Crippen LogP contribution in [0.5, 0.6) is 0 Å². The molecule has 0 aliphatic carbocycles. The van der Waals surface area contributed by atoms with Crippen molar-refractivity contribution in [3.05, 3.63) is 0 Å². The second-order valence-corrected chi connectivity index (χ2v) is 3.36. The average Bonchev–Trinajstić information content (AvgIpc) is 2.33. The summed E-state index contributed by atoms with van der Waals surface area (Å²) in [6, 6.07) is 0. The molecule has 2 heteroatoms. The first-order valence-corrected chi connectivity index (χ1v) is 3.83. The minimum atomic E-state index is 0.399. The summed E-state index contributed by atoms with van der Waals surface area (Å²) in [6.45, 7) is 4.97. The highest BCUT2D eigenvalue weighted by Gasteiger charge is 2.28. The lowest BCUT2D eigenvalue weighted by Gasteiger charge is -2.20. The Bertz CT molecular complexity index is 95.4. The molecule has 1 atom stereocenters. The van der Waals surface area contributed by atoms with Crippen LogP contribution in [0.25, 0.3) is 0 Å². The second kappa shape index (κ2) is 3.35. The first-order chi connectivity index (χ1) is 4.77. The van der Waals surface area contributed by atoms with Crippen molar-refractivity contribution in [3.63, 3.8) is 0 Å². The molecule has 10 heavy (non-hydrogen) atoms. The number of hydrogen-bond donors (Lipinski definition) is 0. The fourth-order valence-electron chi connectivity index (χ4n) is 1.25. The van der Waals surface area contributed by atoms with E-state index in [4.69, 9.17) is 9.47 Å². The Hall–Kier alpha value is -0.0800. The van der Waals surface area contributed by atoms with Crippen LogP contribution in [0.4, 0.5) is 0 Å². The highest BCUT2D eigenvalue weighted by Crippen LogP contribution is 2.31. The van der Waals surface area contributed by atoms with E-state index in [9.17, 15) is 0 Å². The van der Waals surface area contributed by atoms with Gasteiger partial charge in [-0.25, -0.2) is 0 Å². The van der Waals surface area contributed by atoms with Crippen LogP contribution in [0.1, 0.15) is 19.8 Å². The minimum Gasteiger partial charge on any atom is -0.385 e. The van der Waals surface area contributed by atoms with Gasteiger partial charge < -0.3 is 9.47 Å². The van der Waals surface area contributed by atoms with Gasteiger partial charge in [-0.3, -0.25) is 0 Å². The van der Waals surface area contributed by atoms with Crippen molar-refractivity contribution >= 4 is 0 Å². The van der Waals surface area contributed by atoms with Crippen LogP contribution in [0.15, 0.2) is 0 Å². The maximum absolute atomic E-state index is 5.30. The Labute approximate surface area is 62.5 Å². The molecular weight excluding hydrogens is 128 g/mol. The molecule has 0 aromatic heterocycles. The number of ether oxygens (including phenoxy) is 2. The van der Waals surface area contributed by atoms with Gasteiger partial charge in [-0.05, 0) is 18.3 Å². The lowest BCUT2D eigenvalue weighted by Crippen LogP contribution is -2.18. The van der Waals surface area contributed by atoms with Crippen LogP contribution in [0.3, 0.4) is 0 Å². The van der Waals surface area contributed by atoms with Crippen molar-refractivity contribution in [2.75, 3.05) is 26.9 Å². The lowest BCUT2D eigenvalue weighted by molar-refractivity contribution is 0.117. The highest BCUT2D eigenvalue weighted by atomic mass is 16.5. The molecular formula is C8H16O2. The third kappa shape index (κ3) is 1.96. The summed E-state index contributed by atoms with van der Waals surface area (Å²) in [5.41, 5.74) is 0.399. The van der Waals surface area contributed by atoms with E-state index in [1.165, 1.54) is 6.42 Å². The van der Waals surface area contributed by atoms with Gasteiger partial charge in [-0.15, -0.1) is 0 Å². The number of methoxy groups -OCH3 is 1. The summed E-state index contributed by atoms with van der Waals surface area (Å²) >= 11 is 0. The summed E-state index contributed by atoms with van der Waals surface area (Å²) in [5, 5.41) is 0. The monoisotopic (exact) mass is 144 g/mol. The van der Waals surface area contributed by atoms with E-state index in [0.29, 0.717) is 5.41 Å². The van der Waals surface area contributed by atoms with Gasteiger partial charge >= 0.3 is 0 Å². The molecule has 0 radical (unpaired) electrons. The largest absolute Gasteiger partial charge is 0.385 e. The predicted molar refractivity (Wildman–Crippen MR) is 40.0 cm³/mol. The molecule has 1 rings (SSSR count). The molecule has 1 unspecified atom stereocenters. The van der Waals surface area contributed by atoms with Gasteiger partial charge in [0.15, 0.2) is 0 Å². The van der Waals surface area contributed by atoms with E-state index >= 15 is 0 Å². The fraction of sp³-hybridized carbons (Fsp3) is 1.00. The van der Waals surface area contributed by atoms with E-state index in [0.717, 1.165) is 26.2 Å². The van der Waals surface area contributed by atoms with E-state index in [1.54, 1.807) is 7.11 Å². The maximum Gasteiger partial charge on any atom is 0.0521 e. The fourth-order valence-corrected chi connectivity index (χ4v) is 1.25. The van der Waals surface area contributed by atoms with Gasteiger partial charge in [-0.1, -0.05) is 6.92 Å². The van der Waals surface area contributed by atoms with Gasteiger partial charge in [0.2, 0.25) is 0 Å². The Morgan fingerprint density at radius 3 is 2.90 bits per heavy atom. The molecule has 1 saturated heterocycles. The quantitative estimate of drug-likeness (QED) is 0.597. The third-order valence-corrected chi connectivity index (χ3v) is 2.21. The average molecular weight is 144 g/mol. The standard InChI is InChI=1S/C8H16O2/c1-8(3-5-9-2)4-6-10-7-8/h3-7H2,1-2H3. The topological polar surface area (TPSA) is 18.5 Å². The van der Waals surface area contributed by atoms with Crippen molar-refractivity contribution in [2.45, 2.75) is 19.8 Å². The van der Waals surface area contributed by atoms with Crippen LogP contribution in [-0.4, -0.2) is 26.9 Å². The minimum absolute atomic E-state index is 0.399. The summed E-state index contributed by atoms with van der Waals surface area (Å²) in [4.78, 5) is 0. The lowest BCUT2D eigenvalue weighted by atomic mass is 9.87. The van der Waals surface area contributed by atoms with E-state index in [2.05, 4.69) is 6.92 Å². The van der Waals surface area contributed by atoms with Gasteiger partial charge in [-0.2, -0.15) is 0 Å². The molecule has 1 heterocycles. The maximum atomic E-state index is 5.30. The third-order valence-electron chi connectivity index (χ3n) is 2.21. The zero-order valence-electron chi connectivity index (χ0n) is 6.85. The SMILES string of the molecule is COCCC1(C)CCOC1. The van der Waals surface area contributed by atoms with Crippen molar-refractivity contribution in [3.8, 4) is 0 Å². The molecule has 2 nitrogen and oxygen atoms in total. The summed E-state index contributed by atoms with van der Waals surface area (Å²) in [5.74, 6) is 0. The smallest absolute Gasteiger partial charge is 0.0521 e. The molecule has 0 spiro atoms. The normalized spacial score (nSPS) is 33.0. The van der Waals surface area contributed by atoms with Crippen molar-refractivity contribution in [1.29, 1.82) is 0 Å². The molecule has 1 fully saturated rings. The molecule has 1 aliphatic heterocycles. The van der Waals surface area contributed by atoms with E-state index in [-0.39, 0.29) is 0 Å². The first-order valence-electron chi connectivity index (χ1n) is 3.83. The zero-order chi connectivity index (χ0) is 7.45. The molecule has 0 bridgehead atoms. The van der Waals surface area contributed by atoms with Gasteiger partial charge in [0, 0.05) is 20.3 Å². The Morgan fingerprint density at radius 2 is 2.40 bits per heavy atom. The van der Waals surface area contributed by atoms with Crippen LogP contribution in [-0.2, 0) is 9.47 Å². The molecule has 0 amide bonds. The number of hydrogen-bond acceptors (Lipinski definition) is 2. The van der Waals surface area contributed by atoms with Gasteiger partial charge in [0.05, 0.1) is 6.61 Å². The molecule has 0 N–H and O–H groups in total. The van der Waals surface area contributed by atoms with Crippen LogP contribution in [0.2, 0.25) is 0 Å². The van der Waals surface area contributed by atoms with E-state index in [1.807, 2.05) is 0 Å². The predicted octanol–water partition coefficient (Wildman–Crippen LogP) is 1.45. The van der Waals surface area contributed by atoms with Gasteiger partial charge in [0.1, 0.15) is 0 Å². The van der Waals surface area contributed by atoms with Crippen LogP contribution in [0, 0.1) is 5.41 Å². The summed E-state index contributed by atoms with van der Waals surface area (Å²) in [7, 11) is 1.75. The molecule has 0 saturated carbocycles. The zero-order valence-corrected chi connectivity index (χ0v) is 6.85. The molecule has 60 valence electrons. The molecule has 1 aliphatic rings. The van der Waals surface area contributed by atoms with E-state index < -0.39 is 0 Å². The Kier molecular flexibility index (Phi) is 2.69. The first kappa shape index (κ1) is 8.02. The second-order valence-electron chi connectivity index (χ2n) is 3.36. The Balaban J connectivity index is 2.22. The van der Waals surface area contributed by atoms with Crippen LogP contribution < -0.4 is 0 Å². The molecule has 0 aromatic carbocycles.